The molecule has 174 valence electrons. The van der Waals surface area contributed by atoms with Gasteiger partial charge in [-0.15, -0.1) is 0 Å². The van der Waals surface area contributed by atoms with Crippen LogP contribution in [0.2, 0.25) is 0 Å². The normalized spacial score (nSPS) is 10.7. The van der Waals surface area contributed by atoms with Crippen LogP contribution in [0.3, 0.4) is 0 Å². The molecule has 9 heteroatoms. The van der Waals surface area contributed by atoms with Crippen LogP contribution in [-0.2, 0) is 0 Å². The standard InChI is InChI=1S/C25H24N4O5/c1-29(16-11-21(32-2)23(34-4)22(12-16)33-3)25(31)20-13-19-18(28-20)9-8-17(27-19)14-6-5-7-15(10-14)24(26)30/h5-13,28H,1-4H3,(H2,26,30). The molecule has 2 aromatic heterocycles. The molecule has 0 aliphatic heterocycles. The maximum atomic E-state index is 13.2. The van der Waals surface area contributed by atoms with Crippen molar-refractivity contribution in [3.05, 3.63) is 65.9 Å². The second kappa shape index (κ2) is 9.14. The number of methoxy groups -OCH3 is 3. The van der Waals surface area contributed by atoms with E-state index in [9.17, 15) is 9.59 Å². The molecule has 0 radical (unpaired) electrons. The number of nitrogens with one attached hydrogen (secondary N) is 1. The number of ether oxygens (including phenoxy) is 3. The monoisotopic (exact) mass is 460 g/mol. The van der Waals surface area contributed by atoms with E-state index in [4.69, 9.17) is 19.9 Å². The molecule has 0 atom stereocenters. The Balaban J connectivity index is 1.67. The van der Waals surface area contributed by atoms with E-state index < -0.39 is 5.91 Å². The molecule has 34 heavy (non-hydrogen) atoms. The third-order valence-corrected chi connectivity index (χ3v) is 5.49. The van der Waals surface area contributed by atoms with Crippen molar-refractivity contribution in [2.75, 3.05) is 33.3 Å². The van der Waals surface area contributed by atoms with E-state index in [2.05, 4.69) is 9.97 Å². The second-order valence-corrected chi connectivity index (χ2v) is 7.51. The topological polar surface area (TPSA) is 120 Å². The number of amides is 2. The van der Waals surface area contributed by atoms with E-state index in [1.54, 1.807) is 43.4 Å². The summed E-state index contributed by atoms with van der Waals surface area (Å²) in [7, 11) is 6.21. The van der Waals surface area contributed by atoms with Gasteiger partial charge in [-0.3, -0.25) is 9.59 Å². The minimum absolute atomic E-state index is 0.274. The number of primary amides is 1. The highest BCUT2D eigenvalue weighted by Crippen LogP contribution is 2.41. The molecule has 0 saturated heterocycles. The molecule has 0 unspecified atom stereocenters. The van der Waals surface area contributed by atoms with Crippen LogP contribution in [0.15, 0.2) is 54.6 Å². The number of benzene rings is 2. The fourth-order valence-electron chi connectivity index (χ4n) is 3.68. The van der Waals surface area contributed by atoms with E-state index in [1.807, 2.05) is 18.2 Å². The number of anilines is 1. The lowest BCUT2D eigenvalue weighted by Gasteiger charge is -2.20. The van der Waals surface area contributed by atoms with Crippen LogP contribution in [-0.4, -0.2) is 50.2 Å². The minimum Gasteiger partial charge on any atom is -0.493 e. The van der Waals surface area contributed by atoms with Gasteiger partial charge in [0, 0.05) is 30.3 Å². The SMILES string of the molecule is COc1cc(N(C)C(=O)c2cc3nc(-c4cccc(C(N)=O)c4)ccc3[nH]2)cc(OC)c1OC. The Morgan fingerprint density at radius 3 is 2.26 bits per heavy atom. The molecule has 2 heterocycles. The molecule has 0 aliphatic rings. The summed E-state index contributed by atoms with van der Waals surface area (Å²) in [5.41, 5.74) is 9.44. The first kappa shape index (κ1) is 22.7. The Labute approximate surface area is 196 Å². The molecule has 0 saturated carbocycles. The van der Waals surface area contributed by atoms with E-state index in [0.717, 1.165) is 5.56 Å². The molecule has 0 fully saturated rings. The number of aromatic nitrogens is 2. The van der Waals surface area contributed by atoms with Crippen LogP contribution < -0.4 is 24.8 Å². The Morgan fingerprint density at radius 1 is 0.941 bits per heavy atom. The average Bonchev–Trinajstić information content (AvgIpc) is 3.30. The lowest BCUT2D eigenvalue weighted by molar-refractivity contribution is 0.0985. The van der Waals surface area contributed by atoms with Gasteiger partial charge in [-0.2, -0.15) is 0 Å². The summed E-state index contributed by atoms with van der Waals surface area (Å²) in [6.45, 7) is 0. The number of fused-ring (bicyclic) bond motifs is 1. The number of hydrogen-bond acceptors (Lipinski definition) is 6. The van der Waals surface area contributed by atoms with Crippen LogP contribution in [0, 0.1) is 0 Å². The largest absolute Gasteiger partial charge is 0.493 e. The van der Waals surface area contributed by atoms with Gasteiger partial charge >= 0.3 is 0 Å². The molecule has 0 aliphatic carbocycles. The highest BCUT2D eigenvalue weighted by atomic mass is 16.5. The summed E-state index contributed by atoms with van der Waals surface area (Å²) >= 11 is 0. The quantitative estimate of drug-likeness (QED) is 0.435. The van der Waals surface area contributed by atoms with Crippen molar-refractivity contribution in [3.8, 4) is 28.5 Å². The van der Waals surface area contributed by atoms with Crippen LogP contribution >= 0.6 is 0 Å². The predicted molar refractivity (Wildman–Crippen MR) is 129 cm³/mol. The van der Waals surface area contributed by atoms with E-state index >= 15 is 0 Å². The highest BCUT2D eigenvalue weighted by molar-refractivity contribution is 6.07. The maximum absolute atomic E-state index is 13.2. The van der Waals surface area contributed by atoms with Crippen molar-refractivity contribution in [3.63, 3.8) is 0 Å². The van der Waals surface area contributed by atoms with E-state index in [-0.39, 0.29) is 5.91 Å². The van der Waals surface area contributed by atoms with Gasteiger partial charge < -0.3 is 29.8 Å². The number of aromatic amines is 1. The third-order valence-electron chi connectivity index (χ3n) is 5.49. The van der Waals surface area contributed by atoms with Crippen molar-refractivity contribution in [1.29, 1.82) is 0 Å². The Bertz CT molecular complexity index is 1370. The zero-order valence-electron chi connectivity index (χ0n) is 19.2. The van der Waals surface area contributed by atoms with Gasteiger partial charge in [0.25, 0.3) is 5.91 Å². The zero-order valence-corrected chi connectivity index (χ0v) is 19.2. The summed E-state index contributed by atoms with van der Waals surface area (Å²) in [5.74, 6) is 0.546. The average molecular weight is 460 g/mol. The fraction of sp³-hybridized carbons (Fsp3) is 0.160. The molecule has 9 nitrogen and oxygen atoms in total. The predicted octanol–water partition coefficient (Wildman–Crippen LogP) is 3.63. The van der Waals surface area contributed by atoms with Crippen molar-refractivity contribution >= 4 is 28.5 Å². The number of hydrogen-bond donors (Lipinski definition) is 2. The smallest absolute Gasteiger partial charge is 0.274 e. The lowest BCUT2D eigenvalue weighted by atomic mass is 10.1. The Kier molecular flexibility index (Phi) is 6.09. The Hall–Kier alpha value is -4.53. The number of carbonyl (C=O) groups is 2. The van der Waals surface area contributed by atoms with Gasteiger partial charge in [-0.05, 0) is 30.3 Å². The maximum Gasteiger partial charge on any atom is 0.274 e. The number of rotatable bonds is 7. The van der Waals surface area contributed by atoms with Crippen molar-refractivity contribution in [2.24, 2.45) is 5.73 Å². The summed E-state index contributed by atoms with van der Waals surface area (Å²) in [5, 5.41) is 0. The van der Waals surface area contributed by atoms with Crippen molar-refractivity contribution < 1.29 is 23.8 Å². The number of pyridine rings is 1. The van der Waals surface area contributed by atoms with Crippen LogP contribution in [0.5, 0.6) is 17.2 Å². The minimum atomic E-state index is -0.507. The zero-order chi connectivity index (χ0) is 24.4. The van der Waals surface area contributed by atoms with Crippen LogP contribution in [0.1, 0.15) is 20.8 Å². The van der Waals surface area contributed by atoms with Gasteiger partial charge in [0.1, 0.15) is 5.69 Å². The van der Waals surface area contributed by atoms with Gasteiger partial charge in [0.2, 0.25) is 11.7 Å². The second-order valence-electron chi connectivity index (χ2n) is 7.51. The Morgan fingerprint density at radius 2 is 1.65 bits per heavy atom. The first-order valence-electron chi connectivity index (χ1n) is 10.3. The molecule has 2 amide bonds. The molecule has 0 bridgehead atoms. The van der Waals surface area contributed by atoms with Crippen LogP contribution in [0.25, 0.3) is 22.3 Å². The molecule has 0 spiro atoms. The molecule has 2 aromatic carbocycles. The number of nitrogens with two attached hydrogens (primary N) is 1. The van der Waals surface area contributed by atoms with Crippen molar-refractivity contribution in [1.82, 2.24) is 9.97 Å². The summed E-state index contributed by atoms with van der Waals surface area (Å²) in [6, 6.07) is 15.7. The highest BCUT2D eigenvalue weighted by Gasteiger charge is 2.21. The van der Waals surface area contributed by atoms with Gasteiger partial charge in [0.05, 0.1) is 43.7 Å². The summed E-state index contributed by atoms with van der Waals surface area (Å²) in [4.78, 5) is 34.0. The van der Waals surface area contributed by atoms with Gasteiger partial charge in [-0.25, -0.2) is 4.98 Å². The van der Waals surface area contributed by atoms with Crippen LogP contribution in [0.4, 0.5) is 5.69 Å². The molecule has 3 N–H and O–H groups in total. The number of carbonyl (C=O) groups excluding carboxylic acids is 2. The fourth-order valence-corrected chi connectivity index (χ4v) is 3.68. The van der Waals surface area contributed by atoms with Crippen molar-refractivity contribution in [2.45, 2.75) is 0 Å². The third kappa shape index (κ3) is 4.11. The summed E-state index contributed by atoms with van der Waals surface area (Å²) in [6.07, 6.45) is 0. The molecule has 4 aromatic rings. The first-order valence-corrected chi connectivity index (χ1v) is 10.3. The molecular formula is C25H24N4O5. The number of H-pyrrole nitrogens is 1. The van der Waals surface area contributed by atoms with Gasteiger partial charge in [-0.1, -0.05) is 12.1 Å². The molecular weight excluding hydrogens is 436 g/mol. The number of nitrogens with zero attached hydrogens (tertiary/aromatic N) is 2. The lowest BCUT2D eigenvalue weighted by Crippen LogP contribution is -2.26. The molecule has 4 rings (SSSR count). The van der Waals surface area contributed by atoms with E-state index in [0.29, 0.717) is 50.9 Å². The van der Waals surface area contributed by atoms with E-state index in [1.165, 1.54) is 26.2 Å². The first-order chi connectivity index (χ1) is 16.4. The van der Waals surface area contributed by atoms with Gasteiger partial charge in [0.15, 0.2) is 11.5 Å². The summed E-state index contributed by atoms with van der Waals surface area (Å²) < 4.78 is 16.1.